The number of carbonyl (C=O) groups is 4. The molecule has 0 aliphatic heterocycles. The first-order valence-electron chi connectivity index (χ1n) is 9.71. The van der Waals surface area contributed by atoms with Crippen molar-refractivity contribution in [3.63, 3.8) is 0 Å². The molecule has 0 aliphatic carbocycles. The van der Waals surface area contributed by atoms with Crippen molar-refractivity contribution >= 4 is 23.9 Å². The molecule has 0 radical (unpaired) electrons. The number of amides is 2. The number of hydrogen-bond donors (Lipinski definition) is 5. The highest BCUT2D eigenvalue weighted by atomic mass is 16.5. The summed E-state index contributed by atoms with van der Waals surface area (Å²) in [5.74, 6) is -3.10. The van der Waals surface area contributed by atoms with E-state index in [1.807, 2.05) is 6.07 Å². The normalized spacial score (nSPS) is 12.3. The lowest BCUT2D eigenvalue weighted by Gasteiger charge is -2.17. The zero-order chi connectivity index (χ0) is 23.5. The van der Waals surface area contributed by atoms with Gasteiger partial charge in [-0.05, 0) is 23.3 Å². The first kappa shape index (κ1) is 24.4. The second-order valence-electron chi connectivity index (χ2n) is 6.97. The van der Waals surface area contributed by atoms with Gasteiger partial charge in [0, 0.05) is 13.0 Å². The molecule has 0 unspecified atom stereocenters. The summed E-state index contributed by atoms with van der Waals surface area (Å²) in [4.78, 5) is 46.1. The number of alkyl carbamates (subject to hydrolysis) is 1. The monoisotopic (exact) mass is 444 g/mol. The predicted octanol–water partition coefficient (Wildman–Crippen LogP) is 1.17. The third kappa shape index (κ3) is 8.44. The predicted molar refractivity (Wildman–Crippen MR) is 112 cm³/mol. The molecule has 2 atom stereocenters. The van der Waals surface area contributed by atoms with Gasteiger partial charge in [0.15, 0.2) is 0 Å². The van der Waals surface area contributed by atoms with E-state index in [0.717, 1.165) is 5.56 Å². The molecule has 0 saturated heterocycles. The highest BCUT2D eigenvalue weighted by molar-refractivity contribution is 5.87. The Morgan fingerprint density at radius 3 is 2.16 bits per heavy atom. The SMILES string of the molecule is O=C(C[C@@H](O)CNC(=O)OCc1ccccc1)N[C@H](Cc1ccc(C(=O)O)cc1)C(=O)O. The standard InChI is InChI=1S/C22H24N2O8/c25-17(12-23-22(31)32-13-15-4-2-1-3-5-15)11-19(26)24-18(21(29)30)10-14-6-8-16(9-7-14)20(27)28/h1-9,17-18,25H,10-13H2,(H,23,31)(H,24,26)(H,27,28)(H,29,30)/t17-,18-/m1/s1. The van der Waals surface area contributed by atoms with Crippen LogP contribution in [0, 0.1) is 0 Å². The first-order valence-corrected chi connectivity index (χ1v) is 9.71. The summed E-state index contributed by atoms with van der Waals surface area (Å²) in [5.41, 5.74) is 1.37. The number of aliphatic carboxylic acids is 1. The van der Waals surface area contributed by atoms with Crippen LogP contribution in [-0.4, -0.2) is 57.9 Å². The van der Waals surface area contributed by atoms with Gasteiger partial charge in [0.05, 0.1) is 18.1 Å². The molecule has 0 saturated carbocycles. The molecule has 2 aromatic rings. The van der Waals surface area contributed by atoms with Gasteiger partial charge in [-0.2, -0.15) is 0 Å². The maximum atomic E-state index is 12.1. The van der Waals surface area contributed by atoms with Gasteiger partial charge in [-0.25, -0.2) is 14.4 Å². The number of ether oxygens (including phenoxy) is 1. The molecule has 2 amide bonds. The van der Waals surface area contributed by atoms with Crippen molar-refractivity contribution in [1.82, 2.24) is 10.6 Å². The van der Waals surface area contributed by atoms with Crippen LogP contribution < -0.4 is 10.6 Å². The lowest BCUT2D eigenvalue weighted by molar-refractivity contribution is -0.142. The molecule has 32 heavy (non-hydrogen) atoms. The van der Waals surface area contributed by atoms with Gasteiger partial charge in [-0.3, -0.25) is 4.79 Å². The molecule has 5 N–H and O–H groups in total. The summed E-state index contributed by atoms with van der Waals surface area (Å²) in [6.45, 7) is -0.202. The third-order valence-electron chi connectivity index (χ3n) is 4.39. The topological polar surface area (TPSA) is 162 Å². The number of aromatic carboxylic acids is 1. The summed E-state index contributed by atoms with van der Waals surface area (Å²) in [7, 11) is 0. The minimum absolute atomic E-state index is 0.0526. The summed E-state index contributed by atoms with van der Waals surface area (Å²) in [6.07, 6.45) is -2.51. The van der Waals surface area contributed by atoms with Gasteiger partial charge in [0.2, 0.25) is 5.91 Å². The van der Waals surface area contributed by atoms with Gasteiger partial charge in [0.25, 0.3) is 0 Å². The van der Waals surface area contributed by atoms with Crippen molar-refractivity contribution in [2.24, 2.45) is 0 Å². The molecule has 10 nitrogen and oxygen atoms in total. The minimum Gasteiger partial charge on any atom is -0.480 e. The Morgan fingerprint density at radius 2 is 1.56 bits per heavy atom. The molecule has 0 heterocycles. The second-order valence-corrected chi connectivity index (χ2v) is 6.97. The van der Waals surface area contributed by atoms with Gasteiger partial charge in [-0.15, -0.1) is 0 Å². The Labute approximate surface area is 183 Å². The van der Waals surface area contributed by atoms with Gasteiger partial charge < -0.3 is 30.7 Å². The number of nitrogens with one attached hydrogen (secondary N) is 2. The molecular formula is C22H24N2O8. The van der Waals surface area contributed by atoms with Crippen molar-refractivity contribution in [3.05, 3.63) is 71.3 Å². The van der Waals surface area contributed by atoms with Crippen LogP contribution in [0.1, 0.15) is 27.9 Å². The van der Waals surface area contributed by atoms with Gasteiger partial charge in [0.1, 0.15) is 12.6 Å². The largest absolute Gasteiger partial charge is 0.480 e. The highest BCUT2D eigenvalue weighted by Crippen LogP contribution is 2.08. The summed E-state index contributed by atoms with van der Waals surface area (Å²) in [6, 6.07) is 13.3. The number of benzene rings is 2. The van der Waals surface area contributed by atoms with Crippen LogP contribution in [0.5, 0.6) is 0 Å². The van der Waals surface area contributed by atoms with Crippen molar-refractivity contribution in [2.75, 3.05) is 6.54 Å². The van der Waals surface area contributed by atoms with Crippen LogP contribution in [-0.2, 0) is 27.4 Å². The molecule has 2 aromatic carbocycles. The lowest BCUT2D eigenvalue weighted by atomic mass is 10.0. The zero-order valence-corrected chi connectivity index (χ0v) is 17.1. The summed E-state index contributed by atoms with van der Waals surface area (Å²) in [5, 5.41) is 32.8. The van der Waals surface area contributed by atoms with Crippen LogP contribution in [0.3, 0.4) is 0 Å². The van der Waals surface area contributed by atoms with E-state index in [4.69, 9.17) is 9.84 Å². The van der Waals surface area contributed by atoms with Crippen LogP contribution in [0.15, 0.2) is 54.6 Å². The van der Waals surface area contributed by atoms with E-state index < -0.39 is 42.5 Å². The van der Waals surface area contributed by atoms with Crippen molar-refractivity contribution < 1.29 is 39.2 Å². The molecule has 10 heteroatoms. The maximum absolute atomic E-state index is 12.1. The first-order chi connectivity index (χ1) is 15.2. The molecular weight excluding hydrogens is 420 g/mol. The number of carboxylic acid groups (broad SMARTS) is 2. The Bertz CT molecular complexity index is 931. The maximum Gasteiger partial charge on any atom is 0.407 e. The highest BCUT2D eigenvalue weighted by Gasteiger charge is 2.22. The van der Waals surface area contributed by atoms with Gasteiger partial charge in [-0.1, -0.05) is 42.5 Å². The Morgan fingerprint density at radius 1 is 0.906 bits per heavy atom. The average molecular weight is 444 g/mol. The Balaban J connectivity index is 1.76. The summed E-state index contributed by atoms with van der Waals surface area (Å²) < 4.78 is 4.99. The Kier molecular flexibility index (Phi) is 9.18. The smallest absolute Gasteiger partial charge is 0.407 e. The molecule has 0 bridgehead atoms. The number of aliphatic hydroxyl groups is 1. The zero-order valence-electron chi connectivity index (χ0n) is 17.1. The number of carbonyl (C=O) groups excluding carboxylic acids is 2. The van der Waals surface area contributed by atoms with E-state index in [2.05, 4.69) is 10.6 Å². The fourth-order valence-electron chi connectivity index (χ4n) is 2.73. The van der Waals surface area contributed by atoms with E-state index in [1.54, 1.807) is 24.3 Å². The quantitative estimate of drug-likeness (QED) is 0.345. The van der Waals surface area contributed by atoms with Crippen LogP contribution in [0.2, 0.25) is 0 Å². The number of carboxylic acids is 2. The molecule has 170 valence electrons. The molecule has 0 aromatic heterocycles. The molecule has 0 fully saturated rings. The van der Waals surface area contributed by atoms with E-state index in [9.17, 15) is 29.4 Å². The van der Waals surface area contributed by atoms with Crippen LogP contribution >= 0.6 is 0 Å². The summed E-state index contributed by atoms with van der Waals surface area (Å²) >= 11 is 0. The Hall–Kier alpha value is -3.92. The van der Waals surface area contributed by atoms with Crippen LogP contribution in [0.4, 0.5) is 4.79 Å². The van der Waals surface area contributed by atoms with E-state index >= 15 is 0 Å². The average Bonchev–Trinajstić information content (AvgIpc) is 2.76. The molecule has 0 aliphatic rings. The number of hydrogen-bond acceptors (Lipinski definition) is 6. The van der Waals surface area contributed by atoms with Crippen molar-refractivity contribution in [1.29, 1.82) is 0 Å². The lowest BCUT2D eigenvalue weighted by Crippen LogP contribution is -2.44. The number of rotatable bonds is 11. The van der Waals surface area contributed by atoms with E-state index in [-0.39, 0.29) is 25.1 Å². The third-order valence-corrected chi connectivity index (χ3v) is 4.39. The second kappa shape index (κ2) is 12.1. The number of aliphatic hydroxyl groups excluding tert-OH is 1. The van der Waals surface area contributed by atoms with E-state index in [1.165, 1.54) is 24.3 Å². The van der Waals surface area contributed by atoms with Crippen molar-refractivity contribution in [3.8, 4) is 0 Å². The molecule has 2 rings (SSSR count). The fourth-order valence-corrected chi connectivity index (χ4v) is 2.73. The fraction of sp³-hybridized carbons (Fsp3) is 0.273. The van der Waals surface area contributed by atoms with Crippen molar-refractivity contribution in [2.45, 2.75) is 31.6 Å². The molecule has 0 spiro atoms. The van der Waals surface area contributed by atoms with E-state index in [0.29, 0.717) is 5.56 Å². The minimum atomic E-state index is -1.28. The van der Waals surface area contributed by atoms with Crippen LogP contribution in [0.25, 0.3) is 0 Å². The van der Waals surface area contributed by atoms with Gasteiger partial charge >= 0.3 is 18.0 Å².